The van der Waals surface area contributed by atoms with Crippen molar-refractivity contribution in [2.75, 3.05) is 26.3 Å². The molecule has 0 saturated carbocycles. The Kier molecular flexibility index (Phi) is 6.20. The summed E-state index contributed by atoms with van der Waals surface area (Å²) < 4.78 is 38.4. The number of hydrogen-bond acceptors (Lipinski definition) is 5. The number of fused-ring (bicyclic) bond motifs is 1. The van der Waals surface area contributed by atoms with Crippen LogP contribution in [0, 0.1) is 12.8 Å². The van der Waals surface area contributed by atoms with E-state index in [0.717, 1.165) is 16.9 Å². The summed E-state index contributed by atoms with van der Waals surface area (Å²) >= 11 is 0. The third-order valence-corrected chi connectivity index (χ3v) is 7.82. The molecule has 1 atom stereocenters. The Morgan fingerprint density at radius 3 is 2.35 bits per heavy atom. The maximum atomic E-state index is 12.9. The summed E-state index contributed by atoms with van der Waals surface area (Å²) in [5.41, 5.74) is 1.96. The zero-order valence-electron chi connectivity index (χ0n) is 17.8. The van der Waals surface area contributed by atoms with Crippen molar-refractivity contribution in [3.8, 4) is 11.5 Å². The number of ether oxygens (including phenoxy) is 2. The Morgan fingerprint density at radius 1 is 1.03 bits per heavy atom. The van der Waals surface area contributed by atoms with Gasteiger partial charge in [0.2, 0.25) is 15.9 Å². The zero-order chi connectivity index (χ0) is 22.0. The summed E-state index contributed by atoms with van der Waals surface area (Å²) in [6.07, 6.45) is 1.01. The zero-order valence-corrected chi connectivity index (χ0v) is 18.7. The fourth-order valence-corrected chi connectivity index (χ4v) is 5.43. The van der Waals surface area contributed by atoms with Crippen LogP contribution in [-0.2, 0) is 14.8 Å². The number of carbonyl (C=O) groups is 1. The van der Waals surface area contributed by atoms with Gasteiger partial charge in [0.1, 0.15) is 13.2 Å². The van der Waals surface area contributed by atoms with Crippen LogP contribution >= 0.6 is 0 Å². The van der Waals surface area contributed by atoms with Gasteiger partial charge in [-0.3, -0.25) is 4.79 Å². The Morgan fingerprint density at radius 2 is 1.68 bits per heavy atom. The van der Waals surface area contributed by atoms with Crippen LogP contribution in [0.5, 0.6) is 11.5 Å². The van der Waals surface area contributed by atoms with E-state index >= 15 is 0 Å². The lowest BCUT2D eigenvalue weighted by Gasteiger charge is -2.31. The van der Waals surface area contributed by atoms with Gasteiger partial charge >= 0.3 is 0 Å². The molecular weight excluding hydrogens is 416 g/mol. The van der Waals surface area contributed by atoms with E-state index in [-0.39, 0.29) is 17.9 Å². The SMILES string of the molecule is Cc1ccc(S(=O)(=O)N2CCC(C(=O)N[C@H](C)c3ccc4c(c3)OCCO4)CC2)cc1. The highest BCUT2D eigenvalue weighted by Crippen LogP contribution is 2.33. The third kappa shape index (κ3) is 4.70. The van der Waals surface area contributed by atoms with E-state index in [1.54, 1.807) is 24.3 Å². The van der Waals surface area contributed by atoms with Crippen LogP contribution in [-0.4, -0.2) is 44.9 Å². The highest BCUT2D eigenvalue weighted by molar-refractivity contribution is 7.89. The molecule has 0 unspecified atom stereocenters. The Bertz CT molecular complexity index is 1040. The molecule has 2 aromatic rings. The van der Waals surface area contributed by atoms with Crippen LogP contribution in [0.15, 0.2) is 47.4 Å². The topological polar surface area (TPSA) is 84.9 Å². The van der Waals surface area contributed by atoms with E-state index in [4.69, 9.17) is 9.47 Å². The second-order valence-corrected chi connectivity index (χ2v) is 10.1. The van der Waals surface area contributed by atoms with Crippen molar-refractivity contribution in [3.05, 3.63) is 53.6 Å². The predicted octanol–water partition coefficient (Wildman–Crippen LogP) is 3.04. The van der Waals surface area contributed by atoms with Crippen LogP contribution in [0.25, 0.3) is 0 Å². The third-order valence-electron chi connectivity index (χ3n) is 5.91. The first-order chi connectivity index (χ1) is 14.8. The first kappa shape index (κ1) is 21.6. The largest absolute Gasteiger partial charge is 0.486 e. The van der Waals surface area contributed by atoms with Crippen molar-refractivity contribution in [3.63, 3.8) is 0 Å². The van der Waals surface area contributed by atoms with E-state index in [1.165, 1.54) is 4.31 Å². The first-order valence-corrected chi connectivity index (χ1v) is 12.1. The van der Waals surface area contributed by atoms with E-state index < -0.39 is 10.0 Å². The number of hydrogen-bond donors (Lipinski definition) is 1. The molecule has 31 heavy (non-hydrogen) atoms. The predicted molar refractivity (Wildman–Crippen MR) is 117 cm³/mol. The number of nitrogens with one attached hydrogen (secondary N) is 1. The summed E-state index contributed by atoms with van der Waals surface area (Å²) in [5, 5.41) is 3.06. The molecule has 1 amide bonds. The van der Waals surface area contributed by atoms with Crippen molar-refractivity contribution < 1.29 is 22.7 Å². The van der Waals surface area contributed by atoms with Gasteiger partial charge in [-0.2, -0.15) is 4.31 Å². The monoisotopic (exact) mass is 444 g/mol. The average Bonchev–Trinajstić information content (AvgIpc) is 2.79. The molecule has 1 fully saturated rings. The van der Waals surface area contributed by atoms with Gasteiger partial charge in [0.05, 0.1) is 10.9 Å². The minimum Gasteiger partial charge on any atom is -0.486 e. The number of rotatable bonds is 5. The fourth-order valence-electron chi connectivity index (χ4n) is 3.96. The lowest BCUT2D eigenvalue weighted by Crippen LogP contribution is -2.43. The number of nitrogens with zero attached hydrogens (tertiary/aromatic N) is 1. The van der Waals surface area contributed by atoms with Crippen LogP contribution < -0.4 is 14.8 Å². The number of amides is 1. The van der Waals surface area contributed by atoms with Gasteiger partial charge in [-0.05, 0) is 56.5 Å². The van der Waals surface area contributed by atoms with Crippen molar-refractivity contribution >= 4 is 15.9 Å². The van der Waals surface area contributed by atoms with Crippen molar-refractivity contribution in [1.82, 2.24) is 9.62 Å². The number of carbonyl (C=O) groups excluding carboxylic acids is 1. The summed E-state index contributed by atoms with van der Waals surface area (Å²) in [6.45, 7) is 5.59. The summed E-state index contributed by atoms with van der Waals surface area (Å²) in [7, 11) is -3.53. The number of benzene rings is 2. The Hall–Kier alpha value is -2.58. The molecule has 1 N–H and O–H groups in total. The van der Waals surface area contributed by atoms with Gasteiger partial charge in [0.25, 0.3) is 0 Å². The summed E-state index contributed by atoms with van der Waals surface area (Å²) in [6, 6.07) is 12.4. The highest BCUT2D eigenvalue weighted by atomic mass is 32.2. The van der Waals surface area contributed by atoms with Crippen molar-refractivity contribution in [2.24, 2.45) is 5.92 Å². The van der Waals surface area contributed by atoms with Gasteiger partial charge < -0.3 is 14.8 Å². The van der Waals surface area contributed by atoms with E-state index in [1.807, 2.05) is 32.0 Å². The molecular formula is C23H28N2O5S. The maximum absolute atomic E-state index is 12.9. The van der Waals surface area contributed by atoms with E-state index in [0.29, 0.717) is 49.8 Å². The van der Waals surface area contributed by atoms with Crippen LogP contribution in [0.4, 0.5) is 0 Å². The quantitative estimate of drug-likeness (QED) is 0.766. The normalized spacial score (nSPS) is 18.4. The van der Waals surface area contributed by atoms with Gasteiger partial charge in [-0.15, -0.1) is 0 Å². The average molecular weight is 445 g/mol. The lowest BCUT2D eigenvalue weighted by molar-refractivity contribution is -0.126. The lowest BCUT2D eigenvalue weighted by atomic mass is 9.96. The van der Waals surface area contributed by atoms with Gasteiger partial charge in [0, 0.05) is 19.0 Å². The smallest absolute Gasteiger partial charge is 0.243 e. The molecule has 2 aliphatic rings. The summed E-state index contributed by atoms with van der Waals surface area (Å²) in [4.78, 5) is 13.1. The Labute approximate surface area is 183 Å². The second-order valence-electron chi connectivity index (χ2n) is 8.12. The molecule has 4 rings (SSSR count). The first-order valence-electron chi connectivity index (χ1n) is 10.6. The second kappa shape index (κ2) is 8.88. The minimum absolute atomic E-state index is 0.0465. The molecule has 0 spiro atoms. The molecule has 1 saturated heterocycles. The number of piperidine rings is 1. The van der Waals surface area contributed by atoms with E-state index in [2.05, 4.69) is 5.32 Å². The van der Waals surface area contributed by atoms with Gasteiger partial charge in [-0.1, -0.05) is 23.8 Å². The molecule has 0 aromatic heterocycles. The standard InChI is InChI=1S/C23H28N2O5S/c1-16-3-6-20(7-4-16)31(27,28)25-11-9-18(10-12-25)23(26)24-17(2)19-5-8-21-22(15-19)30-14-13-29-21/h3-8,15,17-18H,9-14H2,1-2H3,(H,24,26)/t17-/m1/s1. The molecule has 0 bridgehead atoms. The molecule has 8 heteroatoms. The number of sulfonamides is 1. The molecule has 2 aliphatic heterocycles. The molecule has 7 nitrogen and oxygen atoms in total. The summed E-state index contributed by atoms with van der Waals surface area (Å²) in [5.74, 6) is 1.16. The van der Waals surface area contributed by atoms with Crippen LogP contribution in [0.2, 0.25) is 0 Å². The Balaban J connectivity index is 1.34. The van der Waals surface area contributed by atoms with E-state index in [9.17, 15) is 13.2 Å². The van der Waals surface area contributed by atoms with Gasteiger partial charge in [0.15, 0.2) is 11.5 Å². The molecule has 0 radical (unpaired) electrons. The maximum Gasteiger partial charge on any atom is 0.243 e. The van der Waals surface area contributed by atoms with Crippen molar-refractivity contribution in [2.45, 2.75) is 37.6 Å². The number of aryl methyl sites for hydroxylation is 1. The van der Waals surface area contributed by atoms with Crippen LogP contribution in [0.3, 0.4) is 0 Å². The molecule has 2 heterocycles. The molecule has 2 aromatic carbocycles. The molecule has 0 aliphatic carbocycles. The minimum atomic E-state index is -3.53. The fraction of sp³-hybridized carbons (Fsp3) is 0.435. The highest BCUT2D eigenvalue weighted by Gasteiger charge is 2.32. The van der Waals surface area contributed by atoms with Gasteiger partial charge in [-0.25, -0.2) is 8.42 Å². The van der Waals surface area contributed by atoms with Crippen LogP contribution in [0.1, 0.15) is 36.9 Å². The molecule has 166 valence electrons. The van der Waals surface area contributed by atoms with Crippen molar-refractivity contribution in [1.29, 1.82) is 0 Å².